The molecule has 0 unspecified atom stereocenters. The van der Waals surface area contributed by atoms with Crippen molar-refractivity contribution in [2.75, 3.05) is 12.5 Å². The Bertz CT molecular complexity index is 1180. The largest absolute Gasteiger partial charge is 0.496 e. The van der Waals surface area contributed by atoms with Crippen molar-refractivity contribution in [2.24, 2.45) is 5.10 Å². The number of fused-ring (bicyclic) bond motifs is 1. The van der Waals surface area contributed by atoms with E-state index < -0.39 is 0 Å². The Morgan fingerprint density at radius 2 is 2.00 bits per heavy atom. The summed E-state index contributed by atoms with van der Waals surface area (Å²) >= 11 is 1.33. The highest BCUT2D eigenvalue weighted by Crippen LogP contribution is 2.28. The summed E-state index contributed by atoms with van der Waals surface area (Å²) in [6, 6.07) is 16.8. The van der Waals surface area contributed by atoms with Crippen molar-refractivity contribution in [1.82, 2.24) is 4.98 Å². The van der Waals surface area contributed by atoms with Crippen molar-refractivity contribution in [3.63, 3.8) is 0 Å². The number of aromatic nitrogens is 1. The fourth-order valence-electron chi connectivity index (χ4n) is 2.61. The first-order valence-corrected chi connectivity index (χ1v) is 8.97. The van der Waals surface area contributed by atoms with Gasteiger partial charge in [0.1, 0.15) is 11.3 Å². The van der Waals surface area contributed by atoms with Crippen molar-refractivity contribution in [1.29, 1.82) is 0 Å². The van der Waals surface area contributed by atoms with Gasteiger partial charge >= 0.3 is 5.63 Å². The SMILES string of the molecule is COc1ccccc1C=NNc1ncc(-c2cc3ccccc3oc2=O)s1. The molecule has 4 aromatic rings. The third kappa shape index (κ3) is 3.58. The zero-order chi connectivity index (χ0) is 18.6. The summed E-state index contributed by atoms with van der Waals surface area (Å²) in [4.78, 5) is 17.2. The number of nitrogens with one attached hydrogen (secondary N) is 1. The van der Waals surface area contributed by atoms with Crippen LogP contribution in [-0.4, -0.2) is 18.3 Å². The van der Waals surface area contributed by atoms with Crippen LogP contribution >= 0.6 is 11.3 Å². The fraction of sp³-hybridized carbons (Fsp3) is 0.0500. The molecule has 7 heteroatoms. The van der Waals surface area contributed by atoms with Gasteiger partial charge in [-0.25, -0.2) is 9.78 Å². The van der Waals surface area contributed by atoms with Crippen LogP contribution in [-0.2, 0) is 0 Å². The van der Waals surface area contributed by atoms with E-state index in [4.69, 9.17) is 9.15 Å². The second-order valence-corrected chi connectivity index (χ2v) is 6.66. The molecule has 2 aromatic carbocycles. The van der Waals surface area contributed by atoms with E-state index in [1.165, 1.54) is 11.3 Å². The molecule has 0 aliphatic rings. The summed E-state index contributed by atoms with van der Waals surface area (Å²) in [5.74, 6) is 0.733. The van der Waals surface area contributed by atoms with Gasteiger partial charge in [0.05, 0.1) is 23.8 Å². The van der Waals surface area contributed by atoms with E-state index in [1.807, 2.05) is 48.5 Å². The van der Waals surface area contributed by atoms with E-state index in [2.05, 4.69) is 15.5 Å². The topological polar surface area (TPSA) is 76.7 Å². The van der Waals surface area contributed by atoms with Gasteiger partial charge in [-0.1, -0.05) is 41.7 Å². The van der Waals surface area contributed by atoms with Gasteiger partial charge in [-0.15, -0.1) is 0 Å². The molecular weight excluding hydrogens is 362 g/mol. The summed E-state index contributed by atoms with van der Waals surface area (Å²) in [6.07, 6.45) is 3.29. The van der Waals surface area contributed by atoms with Gasteiger partial charge in [-0.2, -0.15) is 5.10 Å². The molecule has 0 saturated carbocycles. The minimum Gasteiger partial charge on any atom is -0.496 e. The molecule has 2 heterocycles. The number of ether oxygens (including phenoxy) is 1. The summed E-state index contributed by atoms with van der Waals surface area (Å²) in [6.45, 7) is 0. The van der Waals surface area contributed by atoms with Gasteiger partial charge in [0, 0.05) is 17.1 Å². The summed E-state index contributed by atoms with van der Waals surface area (Å²) < 4.78 is 10.7. The highest BCUT2D eigenvalue weighted by Gasteiger charge is 2.11. The van der Waals surface area contributed by atoms with Crippen molar-refractivity contribution >= 4 is 33.7 Å². The van der Waals surface area contributed by atoms with Crippen LogP contribution in [0.15, 0.2) is 75.1 Å². The van der Waals surface area contributed by atoms with Crippen LogP contribution in [0.1, 0.15) is 5.56 Å². The minimum absolute atomic E-state index is 0.388. The number of para-hydroxylation sites is 2. The first kappa shape index (κ1) is 17.0. The maximum atomic E-state index is 12.3. The minimum atomic E-state index is -0.388. The lowest BCUT2D eigenvalue weighted by Crippen LogP contribution is -2.01. The maximum Gasteiger partial charge on any atom is 0.345 e. The Labute approximate surface area is 158 Å². The molecule has 0 spiro atoms. The zero-order valence-electron chi connectivity index (χ0n) is 14.4. The molecule has 27 heavy (non-hydrogen) atoms. The Morgan fingerprint density at radius 3 is 2.89 bits per heavy atom. The van der Waals surface area contributed by atoms with Crippen LogP contribution in [0.2, 0.25) is 0 Å². The lowest BCUT2D eigenvalue weighted by molar-refractivity contribution is 0.414. The van der Waals surface area contributed by atoms with Gasteiger partial charge < -0.3 is 9.15 Å². The van der Waals surface area contributed by atoms with Gasteiger partial charge in [0.25, 0.3) is 0 Å². The maximum absolute atomic E-state index is 12.3. The van der Waals surface area contributed by atoms with Crippen LogP contribution in [0.5, 0.6) is 5.75 Å². The summed E-state index contributed by atoms with van der Waals surface area (Å²) in [5.41, 5.74) is 4.38. The highest BCUT2D eigenvalue weighted by atomic mass is 32.1. The first-order chi connectivity index (χ1) is 13.2. The Hall–Kier alpha value is -3.45. The molecule has 1 N–H and O–H groups in total. The number of hydrogen-bond acceptors (Lipinski definition) is 7. The van der Waals surface area contributed by atoms with E-state index in [-0.39, 0.29) is 5.63 Å². The summed E-state index contributed by atoms with van der Waals surface area (Å²) in [5, 5.41) is 5.63. The third-order valence-corrected chi connectivity index (χ3v) is 4.85. The van der Waals surface area contributed by atoms with E-state index in [1.54, 1.807) is 25.6 Å². The van der Waals surface area contributed by atoms with E-state index in [0.717, 1.165) is 16.7 Å². The second-order valence-electron chi connectivity index (χ2n) is 5.63. The molecule has 0 aliphatic carbocycles. The average molecular weight is 377 g/mol. The number of anilines is 1. The molecule has 0 fully saturated rings. The molecule has 0 bridgehead atoms. The predicted molar refractivity (Wildman–Crippen MR) is 108 cm³/mol. The Kier molecular flexibility index (Phi) is 4.67. The van der Waals surface area contributed by atoms with Crippen LogP contribution in [0.3, 0.4) is 0 Å². The number of rotatable bonds is 5. The van der Waals surface area contributed by atoms with Crippen LogP contribution in [0.4, 0.5) is 5.13 Å². The van der Waals surface area contributed by atoms with Gasteiger partial charge in [0.2, 0.25) is 5.13 Å². The van der Waals surface area contributed by atoms with Crippen molar-refractivity contribution in [3.05, 3.63) is 76.8 Å². The normalized spacial score (nSPS) is 11.1. The lowest BCUT2D eigenvalue weighted by atomic mass is 10.2. The molecule has 4 rings (SSSR count). The predicted octanol–water partition coefficient (Wildman–Crippen LogP) is 4.37. The molecule has 6 nitrogen and oxygen atoms in total. The molecule has 134 valence electrons. The smallest absolute Gasteiger partial charge is 0.345 e. The average Bonchev–Trinajstić information content (AvgIpc) is 3.16. The van der Waals surface area contributed by atoms with Crippen LogP contribution < -0.4 is 15.8 Å². The van der Waals surface area contributed by atoms with E-state index >= 15 is 0 Å². The third-order valence-electron chi connectivity index (χ3n) is 3.92. The molecule has 0 saturated heterocycles. The lowest BCUT2D eigenvalue weighted by Gasteiger charge is -2.02. The number of benzene rings is 2. The van der Waals surface area contributed by atoms with Gasteiger partial charge in [0.15, 0.2) is 0 Å². The first-order valence-electron chi connectivity index (χ1n) is 8.16. The van der Waals surface area contributed by atoms with E-state index in [9.17, 15) is 4.79 Å². The molecule has 0 radical (unpaired) electrons. The number of nitrogens with zero attached hydrogens (tertiary/aromatic N) is 2. The van der Waals surface area contributed by atoms with E-state index in [0.29, 0.717) is 21.2 Å². The second kappa shape index (κ2) is 7.43. The highest BCUT2D eigenvalue weighted by molar-refractivity contribution is 7.18. The van der Waals surface area contributed by atoms with Crippen molar-refractivity contribution in [3.8, 4) is 16.2 Å². The number of hydrogen-bond donors (Lipinski definition) is 1. The van der Waals surface area contributed by atoms with Crippen molar-refractivity contribution in [2.45, 2.75) is 0 Å². The number of hydrazone groups is 1. The zero-order valence-corrected chi connectivity index (χ0v) is 15.2. The molecule has 0 atom stereocenters. The van der Waals surface area contributed by atoms with Crippen LogP contribution in [0, 0.1) is 0 Å². The van der Waals surface area contributed by atoms with Crippen LogP contribution in [0.25, 0.3) is 21.4 Å². The van der Waals surface area contributed by atoms with Crippen molar-refractivity contribution < 1.29 is 9.15 Å². The summed E-state index contributed by atoms with van der Waals surface area (Å²) in [7, 11) is 1.61. The molecule has 0 amide bonds. The van der Waals surface area contributed by atoms with Gasteiger partial charge in [-0.3, -0.25) is 5.43 Å². The number of methoxy groups -OCH3 is 1. The standard InChI is InChI=1S/C20H15N3O3S/c1-25-16-8-4-3-7-14(16)11-22-23-20-21-12-18(27-20)15-10-13-6-2-5-9-17(13)26-19(15)24/h2-12H,1H3,(H,21,23). The Balaban J connectivity index is 1.56. The quantitative estimate of drug-likeness (QED) is 0.317. The molecular formula is C20H15N3O3S. The Morgan fingerprint density at radius 1 is 1.19 bits per heavy atom. The monoisotopic (exact) mass is 377 g/mol. The number of thiazole rings is 1. The molecule has 2 aromatic heterocycles. The fourth-order valence-corrected chi connectivity index (χ4v) is 3.38. The van der Waals surface area contributed by atoms with Gasteiger partial charge in [-0.05, 0) is 24.3 Å². The molecule has 0 aliphatic heterocycles.